The average Bonchev–Trinajstić information content (AvgIpc) is 2.82. The van der Waals surface area contributed by atoms with E-state index < -0.39 is 5.97 Å². The van der Waals surface area contributed by atoms with E-state index in [2.05, 4.69) is 34.8 Å². The quantitative estimate of drug-likeness (QED) is 0.745. The first kappa shape index (κ1) is 15.8. The van der Waals surface area contributed by atoms with E-state index in [0.717, 1.165) is 10.0 Å². The van der Waals surface area contributed by atoms with Crippen molar-refractivity contribution in [1.29, 1.82) is 0 Å². The van der Waals surface area contributed by atoms with Crippen molar-refractivity contribution in [2.45, 2.75) is 27.2 Å². The Bertz CT molecular complexity index is 634. The van der Waals surface area contributed by atoms with E-state index in [1.165, 1.54) is 0 Å². The molecular weight excluding hydrogens is 334 g/mol. The van der Waals surface area contributed by atoms with Gasteiger partial charge in [-0.05, 0) is 47.3 Å². The van der Waals surface area contributed by atoms with Gasteiger partial charge in [-0.1, -0.05) is 26.0 Å². The maximum atomic E-state index is 12.0. The van der Waals surface area contributed by atoms with Crippen molar-refractivity contribution in [3.63, 3.8) is 0 Å². The molecule has 1 aromatic heterocycles. The van der Waals surface area contributed by atoms with Crippen LogP contribution in [0.3, 0.4) is 0 Å². The number of halogens is 1. The first-order valence-corrected chi connectivity index (χ1v) is 7.74. The number of carbonyl (C=O) groups excluding carboxylic acids is 1. The summed E-state index contributed by atoms with van der Waals surface area (Å²) in [6, 6.07) is 7.62. The van der Waals surface area contributed by atoms with Gasteiger partial charge in [0.05, 0.1) is 17.9 Å². The molecule has 21 heavy (non-hydrogen) atoms. The lowest BCUT2D eigenvalue weighted by Gasteiger charge is -2.02. The molecule has 4 nitrogen and oxygen atoms in total. The van der Waals surface area contributed by atoms with Crippen molar-refractivity contribution in [2.24, 2.45) is 5.92 Å². The number of hydrogen-bond acceptors (Lipinski definition) is 4. The number of ether oxygens (including phenoxy) is 1. The van der Waals surface area contributed by atoms with Crippen LogP contribution in [0.4, 0.5) is 0 Å². The summed E-state index contributed by atoms with van der Waals surface area (Å²) in [5, 5.41) is 0. The van der Waals surface area contributed by atoms with Crippen molar-refractivity contribution in [2.75, 3.05) is 6.61 Å². The molecule has 0 atom stereocenters. The van der Waals surface area contributed by atoms with Gasteiger partial charge in [-0.15, -0.1) is 0 Å². The molecule has 0 spiro atoms. The minimum Gasteiger partial charge on any atom is -0.460 e. The molecule has 0 aliphatic heterocycles. The lowest BCUT2D eigenvalue weighted by molar-refractivity contribution is 0.0489. The van der Waals surface area contributed by atoms with Crippen molar-refractivity contribution in [3.8, 4) is 11.5 Å². The molecule has 0 saturated carbocycles. The second-order valence-corrected chi connectivity index (χ2v) is 5.95. The molecule has 0 radical (unpaired) electrons. The summed E-state index contributed by atoms with van der Waals surface area (Å²) in [7, 11) is 0. The normalized spacial score (nSPS) is 10.9. The Balaban J connectivity index is 2.45. The second-order valence-electron chi connectivity index (χ2n) is 5.09. The molecule has 0 bridgehead atoms. The van der Waals surface area contributed by atoms with Gasteiger partial charge >= 0.3 is 5.97 Å². The van der Waals surface area contributed by atoms with E-state index >= 15 is 0 Å². The van der Waals surface area contributed by atoms with Gasteiger partial charge < -0.3 is 9.15 Å². The van der Waals surface area contributed by atoms with Crippen molar-refractivity contribution in [3.05, 3.63) is 40.2 Å². The Kier molecular flexibility index (Phi) is 5.17. The highest BCUT2D eigenvalue weighted by Gasteiger charge is 2.23. The van der Waals surface area contributed by atoms with E-state index in [-0.39, 0.29) is 5.76 Å². The lowest BCUT2D eigenvalue weighted by atomic mass is 10.1. The van der Waals surface area contributed by atoms with Gasteiger partial charge in [-0.2, -0.15) is 0 Å². The van der Waals surface area contributed by atoms with E-state index in [1.54, 1.807) is 6.92 Å². The number of hydrogen-bond donors (Lipinski definition) is 0. The molecule has 2 aromatic rings. The molecule has 0 unspecified atom stereocenters. The zero-order chi connectivity index (χ0) is 15.4. The van der Waals surface area contributed by atoms with Crippen molar-refractivity contribution >= 4 is 21.9 Å². The van der Waals surface area contributed by atoms with Crippen LogP contribution in [0.15, 0.2) is 33.2 Å². The van der Waals surface area contributed by atoms with E-state index in [0.29, 0.717) is 30.5 Å². The molecule has 0 amide bonds. The molecule has 0 fully saturated rings. The fourth-order valence-corrected chi connectivity index (χ4v) is 2.44. The SMILES string of the molecule is CCOC(=O)c1oc(-c2ccccc2Br)nc1CC(C)C. The number of benzene rings is 1. The first-order valence-electron chi connectivity index (χ1n) is 6.94. The van der Waals surface area contributed by atoms with Crippen LogP contribution in [0.2, 0.25) is 0 Å². The van der Waals surface area contributed by atoms with Gasteiger partial charge in [0, 0.05) is 4.47 Å². The maximum absolute atomic E-state index is 12.0. The fourth-order valence-electron chi connectivity index (χ4n) is 1.98. The predicted octanol–water partition coefficient (Wildman–Crippen LogP) is 4.48. The molecule has 0 saturated heterocycles. The standard InChI is InChI=1S/C16H18BrNO3/c1-4-20-16(19)14-13(9-10(2)3)18-15(21-14)11-7-5-6-8-12(11)17/h5-8,10H,4,9H2,1-3H3. The lowest BCUT2D eigenvalue weighted by Crippen LogP contribution is -2.08. The zero-order valence-electron chi connectivity index (χ0n) is 12.4. The molecule has 0 aliphatic rings. The number of aromatic nitrogens is 1. The third-order valence-electron chi connectivity index (χ3n) is 2.86. The third-order valence-corrected chi connectivity index (χ3v) is 3.56. The summed E-state index contributed by atoms with van der Waals surface area (Å²) < 4.78 is 11.6. The summed E-state index contributed by atoms with van der Waals surface area (Å²) in [6.07, 6.45) is 0.669. The molecule has 1 aromatic carbocycles. The molecule has 0 N–H and O–H groups in total. The highest BCUT2D eigenvalue weighted by Crippen LogP contribution is 2.30. The van der Waals surface area contributed by atoms with E-state index in [4.69, 9.17) is 9.15 Å². The van der Waals surface area contributed by atoms with Gasteiger partial charge in [0.1, 0.15) is 0 Å². The summed E-state index contributed by atoms with van der Waals surface area (Å²) in [4.78, 5) is 16.5. The van der Waals surface area contributed by atoms with Crippen LogP contribution in [0.25, 0.3) is 11.5 Å². The number of oxazole rings is 1. The summed E-state index contributed by atoms with van der Waals surface area (Å²) in [6.45, 7) is 6.22. The van der Waals surface area contributed by atoms with Crippen LogP contribution in [-0.2, 0) is 11.2 Å². The van der Waals surface area contributed by atoms with E-state index in [9.17, 15) is 4.79 Å². The Morgan fingerprint density at radius 1 is 1.38 bits per heavy atom. The third kappa shape index (κ3) is 3.73. The first-order chi connectivity index (χ1) is 10.0. The predicted molar refractivity (Wildman–Crippen MR) is 84.1 cm³/mol. The van der Waals surface area contributed by atoms with E-state index in [1.807, 2.05) is 24.3 Å². The van der Waals surface area contributed by atoms with Gasteiger partial charge in [0.15, 0.2) is 0 Å². The largest absolute Gasteiger partial charge is 0.460 e. The summed E-state index contributed by atoms with van der Waals surface area (Å²) in [5.41, 5.74) is 1.47. The van der Waals surface area contributed by atoms with Crippen LogP contribution in [0.1, 0.15) is 37.0 Å². The Morgan fingerprint density at radius 2 is 2.10 bits per heavy atom. The maximum Gasteiger partial charge on any atom is 0.376 e. The Labute approximate surface area is 132 Å². The highest BCUT2D eigenvalue weighted by molar-refractivity contribution is 9.10. The van der Waals surface area contributed by atoms with Crippen molar-refractivity contribution < 1.29 is 13.9 Å². The Morgan fingerprint density at radius 3 is 2.71 bits per heavy atom. The molecule has 1 heterocycles. The molecule has 2 rings (SSSR count). The molecule has 5 heteroatoms. The smallest absolute Gasteiger partial charge is 0.376 e. The van der Waals surface area contributed by atoms with Crippen LogP contribution in [0.5, 0.6) is 0 Å². The molecular formula is C16H18BrNO3. The van der Waals surface area contributed by atoms with Crippen LogP contribution in [-0.4, -0.2) is 17.6 Å². The van der Waals surface area contributed by atoms with Crippen LogP contribution >= 0.6 is 15.9 Å². The fraction of sp³-hybridized carbons (Fsp3) is 0.375. The minimum atomic E-state index is -0.459. The number of esters is 1. The molecule has 0 aliphatic carbocycles. The van der Waals surface area contributed by atoms with Gasteiger partial charge in [0.25, 0.3) is 0 Å². The topological polar surface area (TPSA) is 52.3 Å². The van der Waals surface area contributed by atoms with Crippen LogP contribution in [0, 0.1) is 5.92 Å². The second kappa shape index (κ2) is 6.89. The minimum absolute atomic E-state index is 0.205. The number of nitrogens with zero attached hydrogens (tertiary/aromatic N) is 1. The van der Waals surface area contributed by atoms with Crippen LogP contribution < -0.4 is 0 Å². The molecule has 112 valence electrons. The number of rotatable bonds is 5. The van der Waals surface area contributed by atoms with Gasteiger partial charge in [0.2, 0.25) is 11.7 Å². The summed E-state index contributed by atoms with van der Waals surface area (Å²) >= 11 is 3.47. The number of carbonyl (C=O) groups is 1. The Hall–Kier alpha value is -1.62. The highest BCUT2D eigenvalue weighted by atomic mass is 79.9. The van der Waals surface area contributed by atoms with Gasteiger partial charge in [-0.25, -0.2) is 9.78 Å². The summed E-state index contributed by atoms with van der Waals surface area (Å²) in [5.74, 6) is 0.548. The monoisotopic (exact) mass is 351 g/mol. The van der Waals surface area contributed by atoms with Gasteiger partial charge in [-0.3, -0.25) is 0 Å². The van der Waals surface area contributed by atoms with Crippen molar-refractivity contribution in [1.82, 2.24) is 4.98 Å². The zero-order valence-corrected chi connectivity index (χ0v) is 13.9. The average molecular weight is 352 g/mol.